The number of nitrogens with zero attached hydrogens (tertiary/aromatic N) is 1. The van der Waals surface area contributed by atoms with Crippen LogP contribution in [-0.2, 0) is 4.79 Å². The van der Waals surface area contributed by atoms with Crippen LogP contribution in [0.1, 0.15) is 12.8 Å². The Morgan fingerprint density at radius 3 is 2.71 bits per heavy atom. The average molecular weight is 164 g/mol. The fraction of sp³-hybridized carbons (Fsp3) is 0.500. The van der Waals surface area contributed by atoms with Gasteiger partial charge in [0, 0.05) is 12.6 Å². The number of unbranched alkanes of at least 4 members (excludes halogenated alkanes) is 1. The molecule has 0 aromatic heterocycles. The Bertz CT molecular complexity index is 72.1. The second-order valence-corrected chi connectivity index (χ2v) is 1.43. The van der Waals surface area contributed by atoms with Gasteiger partial charge in [0.1, 0.15) is 6.29 Å². The standard InChI is InChI=1S/C4H6BrNO/c5-6-3-1-2-4-7/h3-4H,1-2H2. The van der Waals surface area contributed by atoms with Crippen LogP contribution in [0.4, 0.5) is 0 Å². The van der Waals surface area contributed by atoms with E-state index in [1.807, 2.05) is 0 Å². The average Bonchev–Trinajstić information content (AvgIpc) is 1.69. The Labute approximate surface area is 51.0 Å². The zero-order valence-corrected chi connectivity index (χ0v) is 5.39. The minimum Gasteiger partial charge on any atom is -0.303 e. The van der Waals surface area contributed by atoms with Gasteiger partial charge >= 0.3 is 0 Å². The van der Waals surface area contributed by atoms with Crippen molar-refractivity contribution in [3.05, 3.63) is 0 Å². The van der Waals surface area contributed by atoms with E-state index in [4.69, 9.17) is 0 Å². The number of carbonyl (C=O) groups excluding carboxylic acids is 1. The molecule has 0 saturated heterocycles. The summed E-state index contributed by atoms with van der Waals surface area (Å²) in [7, 11) is 0. The van der Waals surface area contributed by atoms with E-state index in [-0.39, 0.29) is 0 Å². The molecule has 0 amide bonds. The van der Waals surface area contributed by atoms with Gasteiger partial charge in [-0.15, -0.1) is 0 Å². The molecule has 0 aliphatic heterocycles. The molecule has 7 heavy (non-hydrogen) atoms. The first-order valence-electron chi connectivity index (χ1n) is 1.98. The third-order valence-corrected chi connectivity index (χ3v) is 0.772. The first-order valence-corrected chi connectivity index (χ1v) is 2.69. The van der Waals surface area contributed by atoms with Crippen LogP contribution in [0.15, 0.2) is 4.02 Å². The molecule has 2 nitrogen and oxygen atoms in total. The molecule has 0 N–H and O–H groups in total. The maximum absolute atomic E-state index is 9.60. The lowest BCUT2D eigenvalue weighted by molar-refractivity contribution is -0.107. The molecule has 0 radical (unpaired) electrons. The van der Waals surface area contributed by atoms with Gasteiger partial charge in [0.2, 0.25) is 0 Å². The van der Waals surface area contributed by atoms with Gasteiger partial charge in [-0.2, -0.15) is 0 Å². The van der Waals surface area contributed by atoms with Gasteiger partial charge in [-0.05, 0) is 6.42 Å². The van der Waals surface area contributed by atoms with E-state index in [0.29, 0.717) is 6.42 Å². The van der Waals surface area contributed by atoms with Crippen LogP contribution >= 0.6 is 16.1 Å². The van der Waals surface area contributed by atoms with Crippen LogP contribution < -0.4 is 0 Å². The van der Waals surface area contributed by atoms with Crippen LogP contribution in [0.25, 0.3) is 0 Å². The van der Waals surface area contributed by atoms with Crippen molar-refractivity contribution in [2.24, 2.45) is 4.02 Å². The molecule has 0 spiro atoms. The molecular weight excluding hydrogens is 158 g/mol. The van der Waals surface area contributed by atoms with E-state index in [1.165, 1.54) is 0 Å². The summed E-state index contributed by atoms with van der Waals surface area (Å²) in [5.74, 6) is 0. The molecule has 40 valence electrons. The molecule has 3 heteroatoms. The molecule has 0 aromatic carbocycles. The molecule has 0 bridgehead atoms. The second kappa shape index (κ2) is 5.82. The Hall–Kier alpha value is -0.180. The zero-order chi connectivity index (χ0) is 5.54. The quantitative estimate of drug-likeness (QED) is 0.351. The maximum Gasteiger partial charge on any atom is 0.120 e. The summed E-state index contributed by atoms with van der Waals surface area (Å²) in [5.41, 5.74) is 0. The van der Waals surface area contributed by atoms with Crippen LogP contribution in [-0.4, -0.2) is 12.5 Å². The highest BCUT2D eigenvalue weighted by Crippen LogP contribution is 1.82. The third kappa shape index (κ3) is 5.82. The number of hydrogen-bond acceptors (Lipinski definition) is 2. The van der Waals surface area contributed by atoms with Crippen molar-refractivity contribution < 1.29 is 4.79 Å². The van der Waals surface area contributed by atoms with E-state index in [9.17, 15) is 4.79 Å². The Morgan fingerprint density at radius 2 is 2.29 bits per heavy atom. The second-order valence-electron chi connectivity index (χ2n) is 1.02. The fourth-order valence-corrected chi connectivity index (χ4v) is 0.396. The van der Waals surface area contributed by atoms with Crippen molar-refractivity contribution in [2.45, 2.75) is 12.8 Å². The lowest BCUT2D eigenvalue weighted by Crippen LogP contribution is -1.74. The van der Waals surface area contributed by atoms with E-state index in [0.717, 1.165) is 12.7 Å². The van der Waals surface area contributed by atoms with Gasteiger partial charge in [-0.1, -0.05) is 0 Å². The van der Waals surface area contributed by atoms with Gasteiger partial charge in [0.25, 0.3) is 0 Å². The molecule has 0 heterocycles. The largest absolute Gasteiger partial charge is 0.303 e. The molecule has 0 rings (SSSR count). The highest BCUT2D eigenvalue weighted by atomic mass is 79.9. The fourth-order valence-electron chi connectivity index (χ4n) is 0.191. The van der Waals surface area contributed by atoms with Crippen molar-refractivity contribution in [1.82, 2.24) is 0 Å². The van der Waals surface area contributed by atoms with Gasteiger partial charge in [-0.3, -0.25) is 0 Å². The summed E-state index contributed by atoms with van der Waals surface area (Å²) in [4.78, 5) is 9.60. The topological polar surface area (TPSA) is 29.4 Å². The molecule has 0 aliphatic rings. The first kappa shape index (κ1) is 6.82. The van der Waals surface area contributed by atoms with Crippen molar-refractivity contribution >= 4 is 28.6 Å². The monoisotopic (exact) mass is 163 g/mol. The van der Waals surface area contributed by atoms with Crippen molar-refractivity contribution in [3.8, 4) is 0 Å². The predicted molar refractivity (Wildman–Crippen MR) is 32.7 cm³/mol. The minimum absolute atomic E-state index is 0.565. The summed E-state index contributed by atoms with van der Waals surface area (Å²) in [6.07, 6.45) is 3.81. The Morgan fingerprint density at radius 1 is 1.57 bits per heavy atom. The van der Waals surface area contributed by atoms with E-state index in [1.54, 1.807) is 6.21 Å². The third-order valence-electron chi connectivity index (χ3n) is 0.483. The van der Waals surface area contributed by atoms with Gasteiger partial charge in [0.05, 0.1) is 16.1 Å². The summed E-state index contributed by atoms with van der Waals surface area (Å²) in [6, 6.07) is 0. The molecule has 0 unspecified atom stereocenters. The Balaban J connectivity index is 2.82. The number of hydrogen-bond donors (Lipinski definition) is 0. The molecule has 0 fully saturated rings. The van der Waals surface area contributed by atoms with Crippen molar-refractivity contribution in [3.63, 3.8) is 0 Å². The van der Waals surface area contributed by atoms with E-state index >= 15 is 0 Å². The van der Waals surface area contributed by atoms with Gasteiger partial charge in [-0.25, -0.2) is 4.02 Å². The zero-order valence-electron chi connectivity index (χ0n) is 3.80. The lowest BCUT2D eigenvalue weighted by atomic mass is 10.4. The molecule has 0 aliphatic carbocycles. The highest BCUT2D eigenvalue weighted by Gasteiger charge is 1.74. The summed E-state index contributed by atoms with van der Waals surface area (Å²) in [6.45, 7) is 0. The van der Waals surface area contributed by atoms with E-state index in [2.05, 4.69) is 20.2 Å². The van der Waals surface area contributed by atoms with Gasteiger partial charge < -0.3 is 4.79 Å². The van der Waals surface area contributed by atoms with Crippen molar-refractivity contribution in [1.29, 1.82) is 0 Å². The maximum atomic E-state index is 9.60. The molecule has 0 atom stereocenters. The van der Waals surface area contributed by atoms with Crippen LogP contribution in [0, 0.1) is 0 Å². The normalized spacial score (nSPS) is 9.86. The summed E-state index contributed by atoms with van der Waals surface area (Å²) >= 11 is 2.83. The first-order chi connectivity index (χ1) is 3.41. The minimum atomic E-state index is 0.565. The number of aldehydes is 1. The molecular formula is C4H6BrNO. The number of rotatable bonds is 3. The van der Waals surface area contributed by atoms with E-state index < -0.39 is 0 Å². The smallest absolute Gasteiger partial charge is 0.120 e. The van der Waals surface area contributed by atoms with Crippen molar-refractivity contribution in [2.75, 3.05) is 0 Å². The lowest BCUT2D eigenvalue weighted by Gasteiger charge is -1.74. The predicted octanol–water partition coefficient (Wildman–Crippen LogP) is 1.35. The van der Waals surface area contributed by atoms with Crippen LogP contribution in [0.2, 0.25) is 0 Å². The van der Waals surface area contributed by atoms with Crippen LogP contribution in [0.5, 0.6) is 0 Å². The number of halogens is 1. The summed E-state index contributed by atoms with van der Waals surface area (Å²) in [5, 5.41) is 0. The van der Waals surface area contributed by atoms with Crippen LogP contribution in [0.3, 0.4) is 0 Å². The highest BCUT2D eigenvalue weighted by molar-refractivity contribution is 9.08. The molecule has 0 saturated carbocycles. The number of carbonyl (C=O) groups is 1. The Kier molecular flexibility index (Phi) is 5.67. The summed E-state index contributed by atoms with van der Waals surface area (Å²) < 4.78 is 3.50. The SMILES string of the molecule is O=CCCC=NBr. The van der Waals surface area contributed by atoms with Gasteiger partial charge in [0.15, 0.2) is 0 Å². The molecule has 0 aromatic rings.